The van der Waals surface area contributed by atoms with Crippen LogP contribution >= 0.6 is 34.8 Å². The molecule has 1 saturated carbocycles. The average molecular weight is 273 g/mol. The van der Waals surface area contributed by atoms with Crippen molar-refractivity contribution in [3.05, 3.63) is 0 Å². The highest BCUT2D eigenvalue weighted by Gasteiger charge is 2.37. The second-order valence-electron chi connectivity index (χ2n) is 3.88. The highest BCUT2D eigenvalue weighted by Crippen LogP contribution is 2.32. The third kappa shape index (κ3) is 3.69. The standard InChI is InChI=1S/C10H16Cl3NO/c1-2-14(9(15)10(11,12)13)8-6-4-3-5-7-8/h8H,2-7H2,1H3. The summed E-state index contributed by atoms with van der Waals surface area (Å²) in [4.78, 5) is 13.5. The van der Waals surface area contributed by atoms with Gasteiger partial charge in [-0.3, -0.25) is 4.79 Å². The van der Waals surface area contributed by atoms with Crippen molar-refractivity contribution < 1.29 is 4.79 Å². The molecule has 1 amide bonds. The molecule has 0 aromatic rings. The van der Waals surface area contributed by atoms with Crippen LogP contribution in [0.4, 0.5) is 0 Å². The Bertz CT molecular complexity index is 221. The van der Waals surface area contributed by atoms with Crippen LogP contribution in [0.1, 0.15) is 39.0 Å². The zero-order valence-electron chi connectivity index (χ0n) is 8.81. The Morgan fingerprint density at radius 2 is 1.80 bits per heavy atom. The Kier molecular flexibility index (Phi) is 5.01. The van der Waals surface area contributed by atoms with E-state index in [4.69, 9.17) is 34.8 Å². The van der Waals surface area contributed by atoms with Gasteiger partial charge in [-0.2, -0.15) is 0 Å². The minimum Gasteiger partial charge on any atom is -0.336 e. The van der Waals surface area contributed by atoms with Crippen molar-refractivity contribution in [3.8, 4) is 0 Å². The zero-order chi connectivity index (χ0) is 11.5. The topological polar surface area (TPSA) is 20.3 Å². The van der Waals surface area contributed by atoms with Gasteiger partial charge < -0.3 is 4.90 Å². The molecule has 0 radical (unpaired) electrons. The Morgan fingerprint density at radius 3 is 2.20 bits per heavy atom. The number of alkyl halides is 3. The number of hydrogen-bond donors (Lipinski definition) is 0. The number of nitrogens with zero attached hydrogens (tertiary/aromatic N) is 1. The van der Waals surface area contributed by atoms with Crippen molar-refractivity contribution in [2.45, 2.75) is 48.9 Å². The average Bonchev–Trinajstić information content (AvgIpc) is 2.19. The summed E-state index contributed by atoms with van der Waals surface area (Å²) in [6, 6.07) is 0.256. The van der Waals surface area contributed by atoms with Gasteiger partial charge in [0.1, 0.15) is 0 Å². The summed E-state index contributed by atoms with van der Waals surface area (Å²) in [6.07, 6.45) is 5.62. The molecule has 88 valence electrons. The highest BCUT2D eigenvalue weighted by atomic mass is 35.6. The summed E-state index contributed by atoms with van der Waals surface area (Å²) >= 11 is 16.8. The first kappa shape index (κ1) is 13.4. The molecule has 0 unspecified atom stereocenters. The van der Waals surface area contributed by atoms with Crippen molar-refractivity contribution in [1.29, 1.82) is 0 Å². The van der Waals surface area contributed by atoms with Gasteiger partial charge in [0.25, 0.3) is 9.70 Å². The Labute approximate surface area is 106 Å². The molecule has 1 aliphatic rings. The van der Waals surface area contributed by atoms with E-state index in [0.29, 0.717) is 6.54 Å². The predicted molar refractivity (Wildman–Crippen MR) is 64.6 cm³/mol. The van der Waals surface area contributed by atoms with E-state index in [9.17, 15) is 4.79 Å². The molecule has 0 spiro atoms. The molecule has 0 aromatic carbocycles. The molecule has 0 saturated heterocycles. The fraction of sp³-hybridized carbons (Fsp3) is 0.900. The zero-order valence-corrected chi connectivity index (χ0v) is 11.1. The monoisotopic (exact) mass is 271 g/mol. The summed E-state index contributed by atoms with van der Waals surface area (Å²) in [5.74, 6) is -0.387. The molecule has 0 N–H and O–H groups in total. The molecule has 2 nitrogen and oxygen atoms in total. The minimum atomic E-state index is -1.81. The van der Waals surface area contributed by atoms with Gasteiger partial charge in [-0.25, -0.2) is 0 Å². The van der Waals surface area contributed by atoms with Crippen molar-refractivity contribution in [1.82, 2.24) is 4.90 Å². The van der Waals surface area contributed by atoms with E-state index >= 15 is 0 Å². The SMILES string of the molecule is CCN(C(=O)C(Cl)(Cl)Cl)C1CCCCC1. The highest BCUT2D eigenvalue weighted by molar-refractivity contribution is 6.76. The molecule has 0 aromatic heterocycles. The third-order valence-electron chi connectivity index (χ3n) is 2.86. The molecular weight excluding hydrogens is 256 g/mol. The van der Waals surface area contributed by atoms with E-state index in [1.165, 1.54) is 6.42 Å². The maximum atomic E-state index is 11.8. The number of carbonyl (C=O) groups is 1. The number of amides is 1. The molecule has 15 heavy (non-hydrogen) atoms. The summed E-state index contributed by atoms with van der Waals surface area (Å²) in [5, 5.41) is 0. The fourth-order valence-electron chi connectivity index (χ4n) is 2.12. The molecule has 0 atom stereocenters. The van der Waals surface area contributed by atoms with Crippen molar-refractivity contribution in [2.75, 3.05) is 6.54 Å². The van der Waals surface area contributed by atoms with Crippen LogP contribution in [-0.2, 0) is 4.79 Å². The summed E-state index contributed by atoms with van der Waals surface area (Å²) in [7, 11) is 0. The van der Waals surface area contributed by atoms with E-state index in [-0.39, 0.29) is 11.9 Å². The fourth-order valence-corrected chi connectivity index (χ4v) is 2.45. The van der Waals surface area contributed by atoms with E-state index in [1.54, 1.807) is 4.90 Å². The normalized spacial score (nSPS) is 18.9. The van der Waals surface area contributed by atoms with Crippen LogP contribution in [0.3, 0.4) is 0 Å². The van der Waals surface area contributed by atoms with Gasteiger partial charge in [0.15, 0.2) is 0 Å². The van der Waals surface area contributed by atoms with Crippen molar-refractivity contribution in [3.63, 3.8) is 0 Å². The Morgan fingerprint density at radius 1 is 1.27 bits per heavy atom. The number of rotatable bonds is 2. The number of halogens is 3. The quantitative estimate of drug-likeness (QED) is 0.704. The maximum absolute atomic E-state index is 11.8. The molecule has 1 aliphatic carbocycles. The Balaban J connectivity index is 2.65. The first-order valence-corrected chi connectivity index (χ1v) is 6.48. The Hall–Kier alpha value is 0.340. The lowest BCUT2D eigenvalue weighted by atomic mass is 9.94. The lowest BCUT2D eigenvalue weighted by Crippen LogP contribution is -2.46. The smallest absolute Gasteiger partial charge is 0.274 e. The van der Waals surface area contributed by atoms with Crippen LogP contribution in [-0.4, -0.2) is 27.2 Å². The van der Waals surface area contributed by atoms with Gasteiger partial charge in [-0.15, -0.1) is 0 Å². The number of hydrogen-bond acceptors (Lipinski definition) is 1. The minimum absolute atomic E-state index is 0.256. The van der Waals surface area contributed by atoms with Gasteiger partial charge in [-0.05, 0) is 19.8 Å². The molecular formula is C10H16Cl3NO. The van der Waals surface area contributed by atoms with E-state index in [1.807, 2.05) is 6.92 Å². The van der Waals surface area contributed by atoms with Crippen LogP contribution in [0.5, 0.6) is 0 Å². The van der Waals surface area contributed by atoms with Crippen molar-refractivity contribution >= 4 is 40.7 Å². The van der Waals surface area contributed by atoms with Gasteiger partial charge in [0.05, 0.1) is 0 Å². The molecule has 1 rings (SSSR count). The summed E-state index contributed by atoms with van der Waals surface area (Å²) < 4.78 is -1.81. The van der Waals surface area contributed by atoms with Crippen LogP contribution in [0.15, 0.2) is 0 Å². The molecule has 1 fully saturated rings. The first-order chi connectivity index (χ1) is 6.96. The molecule has 0 bridgehead atoms. The van der Waals surface area contributed by atoms with Crippen LogP contribution in [0, 0.1) is 0 Å². The molecule has 5 heteroatoms. The van der Waals surface area contributed by atoms with Gasteiger partial charge in [-0.1, -0.05) is 54.1 Å². The second kappa shape index (κ2) is 5.60. The maximum Gasteiger partial charge on any atom is 0.274 e. The summed E-state index contributed by atoms with van der Waals surface area (Å²) in [6.45, 7) is 2.53. The van der Waals surface area contributed by atoms with Crippen molar-refractivity contribution in [2.24, 2.45) is 0 Å². The summed E-state index contributed by atoms with van der Waals surface area (Å²) in [5.41, 5.74) is 0. The lowest BCUT2D eigenvalue weighted by molar-refractivity contribution is -0.132. The van der Waals surface area contributed by atoms with Crippen LogP contribution in [0.2, 0.25) is 0 Å². The van der Waals surface area contributed by atoms with Gasteiger partial charge in [0.2, 0.25) is 0 Å². The van der Waals surface area contributed by atoms with Crippen LogP contribution in [0.25, 0.3) is 0 Å². The van der Waals surface area contributed by atoms with Gasteiger partial charge >= 0.3 is 0 Å². The molecule has 0 heterocycles. The van der Waals surface area contributed by atoms with Gasteiger partial charge in [0, 0.05) is 12.6 Å². The molecule has 0 aliphatic heterocycles. The largest absolute Gasteiger partial charge is 0.336 e. The predicted octanol–water partition coefficient (Wildman–Crippen LogP) is 3.54. The number of carbonyl (C=O) groups excluding carboxylic acids is 1. The van der Waals surface area contributed by atoms with E-state index in [0.717, 1.165) is 25.7 Å². The third-order valence-corrected chi connectivity index (χ3v) is 3.34. The lowest BCUT2D eigenvalue weighted by Gasteiger charge is -2.35. The first-order valence-electron chi connectivity index (χ1n) is 5.34. The second-order valence-corrected chi connectivity index (χ2v) is 6.16. The van der Waals surface area contributed by atoms with E-state index < -0.39 is 3.79 Å². The van der Waals surface area contributed by atoms with E-state index in [2.05, 4.69) is 0 Å². The van der Waals surface area contributed by atoms with Crippen LogP contribution < -0.4 is 0 Å².